The summed E-state index contributed by atoms with van der Waals surface area (Å²) in [5, 5.41) is 5.31. The van der Waals surface area contributed by atoms with Crippen molar-refractivity contribution in [3.63, 3.8) is 0 Å². The molecular formula is C18H20N4O5S. The van der Waals surface area contributed by atoms with Crippen LogP contribution in [0, 0.1) is 0 Å². The zero-order valence-corrected chi connectivity index (χ0v) is 16.2. The standard InChI is InChI=1S/C18H20N4O5S/c1-27-7-6-22-15-14(17(25)21-18(22)26)12(9-13(23)20-15)16(24)19-10-4-3-5-11(8-10)28-2/h3-5,8,12H,6-7,9H2,1-2H3,(H,19,24)(H,20,23)(H,21,25,26)/t12-/m0/s1. The minimum absolute atomic E-state index is 0.0417. The second kappa shape index (κ2) is 8.44. The van der Waals surface area contributed by atoms with Crippen LogP contribution in [-0.4, -0.2) is 41.3 Å². The number of amides is 2. The number of methoxy groups -OCH3 is 1. The summed E-state index contributed by atoms with van der Waals surface area (Å²) in [4.78, 5) is 52.9. The first-order valence-corrected chi connectivity index (χ1v) is 9.77. The van der Waals surface area contributed by atoms with Crippen molar-refractivity contribution >= 4 is 35.1 Å². The van der Waals surface area contributed by atoms with Crippen LogP contribution in [0.2, 0.25) is 0 Å². The third-order valence-corrected chi connectivity index (χ3v) is 5.13. The average Bonchev–Trinajstić information content (AvgIpc) is 2.67. The largest absolute Gasteiger partial charge is 0.383 e. The molecule has 0 saturated carbocycles. The van der Waals surface area contributed by atoms with E-state index in [2.05, 4.69) is 15.6 Å². The molecule has 3 rings (SSSR count). The minimum Gasteiger partial charge on any atom is -0.383 e. The first kappa shape index (κ1) is 19.9. The second-order valence-electron chi connectivity index (χ2n) is 6.19. The highest BCUT2D eigenvalue weighted by Gasteiger charge is 2.35. The number of anilines is 2. The molecule has 1 aliphatic rings. The van der Waals surface area contributed by atoms with E-state index in [-0.39, 0.29) is 31.0 Å². The lowest BCUT2D eigenvalue weighted by molar-refractivity contribution is -0.123. The zero-order chi connectivity index (χ0) is 20.3. The second-order valence-corrected chi connectivity index (χ2v) is 7.07. The van der Waals surface area contributed by atoms with Gasteiger partial charge in [-0.25, -0.2) is 4.79 Å². The summed E-state index contributed by atoms with van der Waals surface area (Å²) < 4.78 is 6.18. The van der Waals surface area contributed by atoms with Crippen LogP contribution in [0.15, 0.2) is 38.8 Å². The number of fused-ring (bicyclic) bond motifs is 1. The van der Waals surface area contributed by atoms with Crippen molar-refractivity contribution in [1.82, 2.24) is 9.55 Å². The smallest absolute Gasteiger partial charge is 0.330 e. The Morgan fingerprint density at radius 3 is 2.86 bits per heavy atom. The maximum Gasteiger partial charge on any atom is 0.330 e. The van der Waals surface area contributed by atoms with E-state index in [0.717, 1.165) is 4.90 Å². The molecule has 2 aromatic rings. The van der Waals surface area contributed by atoms with Gasteiger partial charge in [0.25, 0.3) is 5.56 Å². The summed E-state index contributed by atoms with van der Waals surface area (Å²) in [6.07, 6.45) is 1.73. The molecule has 9 nitrogen and oxygen atoms in total. The van der Waals surface area contributed by atoms with Gasteiger partial charge in [0.2, 0.25) is 11.8 Å². The third kappa shape index (κ3) is 4.02. The highest BCUT2D eigenvalue weighted by Crippen LogP contribution is 2.30. The Morgan fingerprint density at radius 1 is 1.36 bits per heavy atom. The fraction of sp³-hybridized carbons (Fsp3) is 0.333. The highest BCUT2D eigenvalue weighted by atomic mass is 32.2. The quantitative estimate of drug-likeness (QED) is 0.617. The van der Waals surface area contributed by atoms with Crippen LogP contribution >= 0.6 is 11.8 Å². The maximum absolute atomic E-state index is 12.9. The summed E-state index contributed by atoms with van der Waals surface area (Å²) in [5.74, 6) is -1.90. The molecule has 148 valence electrons. The van der Waals surface area contributed by atoms with Gasteiger partial charge in [0.05, 0.1) is 24.6 Å². The number of ether oxygens (including phenoxy) is 1. The van der Waals surface area contributed by atoms with Crippen molar-refractivity contribution in [3.8, 4) is 0 Å². The van der Waals surface area contributed by atoms with Crippen molar-refractivity contribution in [2.24, 2.45) is 0 Å². The molecule has 0 spiro atoms. The van der Waals surface area contributed by atoms with Gasteiger partial charge in [-0.3, -0.25) is 23.9 Å². The van der Waals surface area contributed by atoms with Crippen molar-refractivity contribution < 1.29 is 14.3 Å². The van der Waals surface area contributed by atoms with Crippen molar-refractivity contribution in [3.05, 3.63) is 50.7 Å². The van der Waals surface area contributed by atoms with E-state index in [9.17, 15) is 19.2 Å². The lowest BCUT2D eigenvalue weighted by atomic mass is 9.92. The number of nitrogens with zero attached hydrogens (tertiary/aromatic N) is 1. The Balaban J connectivity index is 2.00. The lowest BCUT2D eigenvalue weighted by Crippen LogP contribution is -2.43. The van der Waals surface area contributed by atoms with Crippen molar-refractivity contribution in [1.29, 1.82) is 0 Å². The van der Waals surface area contributed by atoms with Crippen molar-refractivity contribution in [2.75, 3.05) is 30.6 Å². The van der Waals surface area contributed by atoms with Gasteiger partial charge >= 0.3 is 5.69 Å². The zero-order valence-electron chi connectivity index (χ0n) is 15.4. The first-order chi connectivity index (χ1) is 13.4. The normalized spacial score (nSPS) is 15.6. The van der Waals surface area contributed by atoms with Gasteiger partial charge in [-0.15, -0.1) is 11.8 Å². The van der Waals surface area contributed by atoms with Crippen LogP contribution in [0.25, 0.3) is 0 Å². The Bertz CT molecular complexity index is 1030. The van der Waals surface area contributed by atoms with E-state index in [0.29, 0.717) is 5.69 Å². The van der Waals surface area contributed by atoms with Crippen LogP contribution in [0.4, 0.5) is 11.5 Å². The summed E-state index contributed by atoms with van der Waals surface area (Å²) in [7, 11) is 1.47. The Hall–Kier alpha value is -2.85. The van der Waals surface area contributed by atoms with Crippen LogP contribution in [-0.2, 0) is 20.9 Å². The van der Waals surface area contributed by atoms with Gasteiger partial charge in [0, 0.05) is 24.1 Å². The molecule has 0 unspecified atom stereocenters. The van der Waals surface area contributed by atoms with E-state index < -0.39 is 29.0 Å². The fourth-order valence-electron chi connectivity index (χ4n) is 3.06. The van der Waals surface area contributed by atoms with Crippen LogP contribution < -0.4 is 21.9 Å². The Labute approximate surface area is 164 Å². The fourth-order valence-corrected chi connectivity index (χ4v) is 3.52. The van der Waals surface area contributed by atoms with Gasteiger partial charge in [0.15, 0.2) is 0 Å². The molecule has 0 aliphatic carbocycles. The minimum atomic E-state index is -1.01. The van der Waals surface area contributed by atoms with Gasteiger partial charge < -0.3 is 15.4 Å². The first-order valence-electron chi connectivity index (χ1n) is 8.55. The molecular weight excluding hydrogens is 384 g/mol. The maximum atomic E-state index is 12.9. The average molecular weight is 404 g/mol. The van der Waals surface area contributed by atoms with E-state index in [1.54, 1.807) is 18.2 Å². The number of hydrogen-bond donors (Lipinski definition) is 3. The Kier molecular flexibility index (Phi) is 6.00. The van der Waals surface area contributed by atoms with E-state index in [1.165, 1.54) is 23.4 Å². The number of rotatable bonds is 6. The Morgan fingerprint density at radius 2 is 2.14 bits per heavy atom. The molecule has 0 bridgehead atoms. The number of aromatic nitrogens is 2. The number of nitrogens with one attached hydrogen (secondary N) is 3. The predicted octanol–water partition coefficient (Wildman–Crippen LogP) is 0.969. The molecule has 1 atom stereocenters. The number of thioether (sulfide) groups is 1. The topological polar surface area (TPSA) is 122 Å². The van der Waals surface area contributed by atoms with E-state index in [1.807, 2.05) is 12.3 Å². The molecule has 3 N–H and O–H groups in total. The third-order valence-electron chi connectivity index (χ3n) is 4.40. The molecule has 1 aliphatic heterocycles. The molecule has 0 fully saturated rings. The van der Waals surface area contributed by atoms with Crippen LogP contribution in [0.5, 0.6) is 0 Å². The molecule has 0 saturated heterocycles. The number of benzene rings is 1. The number of hydrogen-bond acceptors (Lipinski definition) is 6. The molecule has 2 heterocycles. The van der Waals surface area contributed by atoms with Gasteiger partial charge in [0.1, 0.15) is 5.82 Å². The molecule has 0 radical (unpaired) electrons. The summed E-state index contributed by atoms with van der Waals surface area (Å²) in [5.41, 5.74) is -0.733. The number of aromatic amines is 1. The van der Waals surface area contributed by atoms with Gasteiger partial charge in [-0.1, -0.05) is 6.07 Å². The lowest BCUT2D eigenvalue weighted by Gasteiger charge is -2.26. The van der Waals surface area contributed by atoms with Gasteiger partial charge in [-0.2, -0.15) is 0 Å². The van der Waals surface area contributed by atoms with E-state index >= 15 is 0 Å². The number of carbonyl (C=O) groups excluding carboxylic acids is 2. The SMILES string of the molecule is COCCn1c2c(c(=O)[nH]c1=O)[C@@H](C(=O)Nc1cccc(SC)c1)CC(=O)N2. The summed E-state index contributed by atoms with van der Waals surface area (Å²) >= 11 is 1.53. The van der Waals surface area contributed by atoms with Crippen LogP contribution in [0.3, 0.4) is 0 Å². The summed E-state index contributed by atoms with van der Waals surface area (Å²) in [6, 6.07) is 7.24. The predicted molar refractivity (Wildman–Crippen MR) is 106 cm³/mol. The van der Waals surface area contributed by atoms with Gasteiger partial charge in [-0.05, 0) is 24.5 Å². The molecule has 28 heavy (non-hydrogen) atoms. The summed E-state index contributed by atoms with van der Waals surface area (Å²) in [6.45, 7) is 0.325. The monoisotopic (exact) mass is 404 g/mol. The highest BCUT2D eigenvalue weighted by molar-refractivity contribution is 7.98. The number of carbonyl (C=O) groups is 2. The molecule has 1 aromatic carbocycles. The molecule has 10 heteroatoms. The van der Waals surface area contributed by atoms with E-state index in [4.69, 9.17) is 4.74 Å². The number of H-pyrrole nitrogens is 1. The molecule has 2 amide bonds. The van der Waals surface area contributed by atoms with Crippen LogP contribution in [0.1, 0.15) is 17.9 Å². The van der Waals surface area contributed by atoms with Crippen molar-refractivity contribution in [2.45, 2.75) is 23.8 Å². The molecule has 1 aromatic heterocycles.